The van der Waals surface area contributed by atoms with E-state index in [4.69, 9.17) is 0 Å². The molecule has 0 aromatic heterocycles. The van der Waals surface area contributed by atoms with Crippen LogP contribution in [0, 0.1) is 0 Å². The van der Waals surface area contributed by atoms with E-state index in [0.717, 1.165) is 12.1 Å². The Morgan fingerprint density at radius 2 is 2.08 bits per heavy atom. The highest BCUT2D eigenvalue weighted by molar-refractivity contribution is 5.27. The van der Waals surface area contributed by atoms with Crippen LogP contribution in [0.5, 0.6) is 0 Å². The van der Waals surface area contributed by atoms with E-state index in [-0.39, 0.29) is 0 Å². The second-order valence-electron chi connectivity index (χ2n) is 4.25. The quantitative estimate of drug-likeness (QED) is 0.561. The van der Waals surface area contributed by atoms with E-state index in [9.17, 15) is 0 Å². The largest absolute Gasteiger partial charge is 0.384 e. The van der Waals surface area contributed by atoms with Crippen molar-refractivity contribution in [1.82, 2.24) is 10.6 Å². The molecule has 3 rings (SSSR count). The highest BCUT2D eigenvalue weighted by atomic mass is 15.1. The molecule has 1 aliphatic carbocycles. The molecule has 0 aromatic rings. The molecule has 12 heavy (non-hydrogen) atoms. The van der Waals surface area contributed by atoms with Crippen LogP contribution in [0.1, 0.15) is 32.1 Å². The lowest BCUT2D eigenvalue weighted by Crippen LogP contribution is -2.35. The minimum atomic E-state index is 0.742. The molecule has 0 spiro atoms. The molecule has 0 saturated carbocycles. The van der Waals surface area contributed by atoms with Crippen LogP contribution < -0.4 is 10.6 Å². The molecule has 0 amide bonds. The Morgan fingerprint density at radius 1 is 1.17 bits per heavy atom. The van der Waals surface area contributed by atoms with E-state index < -0.39 is 0 Å². The van der Waals surface area contributed by atoms with Crippen LogP contribution in [-0.4, -0.2) is 18.6 Å². The van der Waals surface area contributed by atoms with E-state index in [1.165, 1.54) is 38.6 Å². The Labute approximate surface area is 73.4 Å². The van der Waals surface area contributed by atoms with Gasteiger partial charge < -0.3 is 10.6 Å². The minimum absolute atomic E-state index is 0.742. The van der Waals surface area contributed by atoms with Crippen LogP contribution in [0.2, 0.25) is 0 Å². The molecule has 2 nitrogen and oxygen atoms in total. The number of nitrogens with one attached hydrogen (secondary N) is 2. The summed E-state index contributed by atoms with van der Waals surface area (Å²) in [5.41, 5.74) is 3.29. The van der Waals surface area contributed by atoms with Crippen LogP contribution in [0.4, 0.5) is 0 Å². The Hall–Kier alpha value is -0.500. The van der Waals surface area contributed by atoms with Crippen LogP contribution in [0.25, 0.3) is 0 Å². The van der Waals surface area contributed by atoms with Crippen molar-refractivity contribution in [2.75, 3.05) is 6.54 Å². The zero-order valence-corrected chi connectivity index (χ0v) is 7.40. The number of fused-ring (bicyclic) bond motifs is 3. The van der Waals surface area contributed by atoms with Crippen LogP contribution in [-0.2, 0) is 0 Å². The zero-order valence-electron chi connectivity index (χ0n) is 7.40. The van der Waals surface area contributed by atoms with Gasteiger partial charge >= 0.3 is 0 Å². The number of rotatable bonds is 0. The van der Waals surface area contributed by atoms with Gasteiger partial charge in [0.05, 0.1) is 0 Å². The van der Waals surface area contributed by atoms with Gasteiger partial charge in [0.15, 0.2) is 0 Å². The second-order valence-corrected chi connectivity index (χ2v) is 4.25. The highest BCUT2D eigenvalue weighted by Gasteiger charge is 2.34. The van der Waals surface area contributed by atoms with Crippen molar-refractivity contribution in [2.45, 2.75) is 44.2 Å². The van der Waals surface area contributed by atoms with Gasteiger partial charge in [-0.15, -0.1) is 0 Å². The molecule has 2 N–H and O–H groups in total. The summed E-state index contributed by atoms with van der Waals surface area (Å²) in [5.74, 6) is 0. The van der Waals surface area contributed by atoms with Gasteiger partial charge in [0, 0.05) is 24.3 Å². The first-order valence-corrected chi connectivity index (χ1v) is 5.15. The van der Waals surface area contributed by atoms with Crippen LogP contribution in [0.15, 0.2) is 11.3 Å². The first-order chi connectivity index (χ1) is 5.93. The first kappa shape index (κ1) is 6.96. The van der Waals surface area contributed by atoms with Gasteiger partial charge in [-0.3, -0.25) is 0 Å². The van der Waals surface area contributed by atoms with Gasteiger partial charge in [-0.1, -0.05) is 0 Å². The third kappa shape index (κ3) is 0.908. The van der Waals surface area contributed by atoms with Crippen LogP contribution >= 0.6 is 0 Å². The summed E-state index contributed by atoms with van der Waals surface area (Å²) < 4.78 is 0. The molecule has 2 heteroatoms. The third-order valence-electron chi connectivity index (χ3n) is 3.44. The Bertz CT molecular complexity index is 232. The third-order valence-corrected chi connectivity index (χ3v) is 3.44. The van der Waals surface area contributed by atoms with E-state index >= 15 is 0 Å². The standard InChI is InChI=1S/C10H16N2/c1-2-4-9-8(3-1)10-5-7(12-9)6-11-10/h7,10-12H,1-6H2. The predicted molar refractivity (Wildman–Crippen MR) is 48.8 cm³/mol. The van der Waals surface area contributed by atoms with Crippen molar-refractivity contribution in [3.05, 3.63) is 11.3 Å². The van der Waals surface area contributed by atoms with Crippen molar-refractivity contribution >= 4 is 0 Å². The fourth-order valence-electron chi connectivity index (χ4n) is 2.84. The lowest BCUT2D eigenvalue weighted by molar-refractivity contribution is 0.489. The molecular weight excluding hydrogens is 148 g/mol. The van der Waals surface area contributed by atoms with E-state index in [0.29, 0.717) is 0 Å². The topological polar surface area (TPSA) is 24.1 Å². The summed E-state index contributed by atoms with van der Waals surface area (Å²) in [6, 6.07) is 1.48. The molecule has 2 aliphatic heterocycles. The maximum atomic E-state index is 3.66. The smallest absolute Gasteiger partial charge is 0.0401 e. The number of hydrogen-bond donors (Lipinski definition) is 2. The Balaban J connectivity index is 1.95. The lowest BCUT2D eigenvalue weighted by atomic mass is 9.87. The van der Waals surface area contributed by atoms with E-state index in [1.54, 1.807) is 11.3 Å². The molecular formula is C10H16N2. The Kier molecular flexibility index (Phi) is 1.44. The van der Waals surface area contributed by atoms with Crippen LogP contribution in [0.3, 0.4) is 0 Å². The average Bonchev–Trinajstić information content (AvgIpc) is 2.49. The molecule has 2 heterocycles. The van der Waals surface area contributed by atoms with Gasteiger partial charge in [-0.25, -0.2) is 0 Å². The van der Waals surface area contributed by atoms with Gasteiger partial charge in [0.1, 0.15) is 0 Å². The summed E-state index contributed by atoms with van der Waals surface area (Å²) in [6.45, 7) is 1.18. The normalized spacial score (nSPS) is 39.3. The molecule has 2 atom stereocenters. The average molecular weight is 164 g/mol. The van der Waals surface area contributed by atoms with Crippen molar-refractivity contribution in [2.24, 2.45) is 0 Å². The predicted octanol–water partition coefficient (Wildman–Crippen LogP) is 1.15. The highest BCUT2D eigenvalue weighted by Crippen LogP contribution is 2.33. The van der Waals surface area contributed by atoms with E-state index in [1.807, 2.05) is 0 Å². The first-order valence-electron chi connectivity index (χ1n) is 5.15. The molecule has 2 unspecified atom stereocenters. The zero-order chi connectivity index (χ0) is 7.97. The summed E-state index contributed by atoms with van der Waals surface area (Å²) in [7, 11) is 0. The van der Waals surface area contributed by atoms with E-state index in [2.05, 4.69) is 10.6 Å². The SMILES string of the molecule is C1CCC2=C(C1)NC1CNC2C1. The molecule has 3 aliphatic rings. The lowest BCUT2D eigenvalue weighted by Gasteiger charge is -2.30. The monoisotopic (exact) mass is 164 g/mol. The fraction of sp³-hybridized carbons (Fsp3) is 0.800. The Morgan fingerprint density at radius 3 is 3.08 bits per heavy atom. The number of hydrogen-bond acceptors (Lipinski definition) is 2. The molecule has 0 aromatic carbocycles. The minimum Gasteiger partial charge on any atom is -0.384 e. The van der Waals surface area contributed by atoms with Crippen molar-refractivity contribution < 1.29 is 0 Å². The fourth-order valence-corrected chi connectivity index (χ4v) is 2.84. The molecule has 1 saturated heterocycles. The van der Waals surface area contributed by atoms with Crippen molar-refractivity contribution in [1.29, 1.82) is 0 Å². The second kappa shape index (κ2) is 2.49. The molecule has 66 valence electrons. The van der Waals surface area contributed by atoms with Gasteiger partial charge in [-0.2, -0.15) is 0 Å². The number of allylic oxidation sites excluding steroid dienone is 1. The summed E-state index contributed by atoms with van der Waals surface area (Å²) in [6.07, 6.45) is 6.78. The maximum Gasteiger partial charge on any atom is 0.0401 e. The summed E-state index contributed by atoms with van der Waals surface area (Å²) in [5, 5.41) is 7.26. The van der Waals surface area contributed by atoms with Gasteiger partial charge in [-0.05, 0) is 37.7 Å². The van der Waals surface area contributed by atoms with Gasteiger partial charge in [0.25, 0.3) is 0 Å². The molecule has 1 fully saturated rings. The van der Waals surface area contributed by atoms with Crippen molar-refractivity contribution in [3.63, 3.8) is 0 Å². The van der Waals surface area contributed by atoms with Gasteiger partial charge in [0.2, 0.25) is 0 Å². The molecule has 0 radical (unpaired) electrons. The maximum absolute atomic E-state index is 3.66. The van der Waals surface area contributed by atoms with Crippen molar-refractivity contribution in [3.8, 4) is 0 Å². The molecule has 2 bridgehead atoms. The summed E-state index contributed by atoms with van der Waals surface area (Å²) in [4.78, 5) is 0. The summed E-state index contributed by atoms with van der Waals surface area (Å²) >= 11 is 0.